The van der Waals surface area contributed by atoms with Crippen LogP contribution in [0.5, 0.6) is 0 Å². The van der Waals surface area contributed by atoms with Gasteiger partial charge in [-0.2, -0.15) is 0 Å². The number of anilines is 1. The topological polar surface area (TPSA) is 43.8 Å². The molecule has 3 rings (SSSR count). The zero-order chi connectivity index (χ0) is 14.1. The molecule has 2 N–H and O–H groups in total. The Labute approximate surface area is 120 Å². The average Bonchev–Trinajstić information content (AvgIpc) is 3.27. The van der Waals surface area contributed by atoms with E-state index in [9.17, 15) is 0 Å². The van der Waals surface area contributed by atoms with Gasteiger partial charge in [0, 0.05) is 11.8 Å². The monoisotopic (exact) mass is 269 g/mol. The highest BCUT2D eigenvalue weighted by molar-refractivity contribution is 5.42. The molecule has 1 atom stereocenters. The van der Waals surface area contributed by atoms with Crippen LogP contribution < -0.4 is 5.73 Å². The highest BCUT2D eigenvalue weighted by Crippen LogP contribution is 2.42. The van der Waals surface area contributed by atoms with Crippen LogP contribution in [0.4, 0.5) is 5.82 Å². The third-order valence-corrected chi connectivity index (χ3v) is 4.27. The van der Waals surface area contributed by atoms with Crippen LogP contribution >= 0.6 is 0 Å². The molecule has 106 valence electrons. The maximum Gasteiger partial charge on any atom is 0.127 e. The molecule has 0 bridgehead atoms. The lowest BCUT2D eigenvalue weighted by molar-refractivity contribution is 0.711. The molecule has 0 amide bonds. The van der Waals surface area contributed by atoms with Gasteiger partial charge in [-0.15, -0.1) is 0 Å². The Kier molecular flexibility index (Phi) is 3.51. The molecule has 3 heteroatoms. The molecule has 1 saturated carbocycles. The largest absolute Gasteiger partial charge is 0.384 e. The molecule has 1 aliphatic rings. The van der Waals surface area contributed by atoms with Gasteiger partial charge in [0.1, 0.15) is 11.6 Å². The van der Waals surface area contributed by atoms with E-state index in [0.29, 0.717) is 11.8 Å². The standard InChI is InChI=1S/C17H23N3/c1-3-12(2)15-16(18)20(17(19-15)14-9-10-14)11-13-7-5-4-6-8-13/h4-8,12,14H,3,9-11,18H2,1-2H3. The van der Waals surface area contributed by atoms with Crippen LogP contribution in [0.25, 0.3) is 0 Å². The molecule has 2 aromatic rings. The van der Waals surface area contributed by atoms with Crippen LogP contribution in [-0.2, 0) is 6.54 Å². The molecule has 0 spiro atoms. The van der Waals surface area contributed by atoms with E-state index in [1.165, 1.54) is 24.2 Å². The van der Waals surface area contributed by atoms with Gasteiger partial charge in [0.15, 0.2) is 0 Å². The first kappa shape index (κ1) is 13.2. The summed E-state index contributed by atoms with van der Waals surface area (Å²) < 4.78 is 2.23. The van der Waals surface area contributed by atoms with Gasteiger partial charge in [0.05, 0.1) is 12.2 Å². The zero-order valence-electron chi connectivity index (χ0n) is 12.3. The smallest absolute Gasteiger partial charge is 0.127 e. The minimum absolute atomic E-state index is 0.435. The molecule has 0 radical (unpaired) electrons. The second kappa shape index (κ2) is 5.31. The average molecular weight is 269 g/mol. The SMILES string of the molecule is CCC(C)c1nc(C2CC2)n(Cc2ccccc2)c1N. The highest BCUT2D eigenvalue weighted by Gasteiger charge is 2.31. The van der Waals surface area contributed by atoms with E-state index in [-0.39, 0.29) is 0 Å². The number of hydrogen-bond acceptors (Lipinski definition) is 2. The van der Waals surface area contributed by atoms with Crippen molar-refractivity contribution in [2.24, 2.45) is 0 Å². The van der Waals surface area contributed by atoms with Gasteiger partial charge in [-0.3, -0.25) is 0 Å². The van der Waals surface area contributed by atoms with E-state index in [4.69, 9.17) is 10.7 Å². The maximum atomic E-state index is 6.39. The normalized spacial score (nSPS) is 16.3. The summed E-state index contributed by atoms with van der Waals surface area (Å²) in [6.07, 6.45) is 3.59. The number of imidazole rings is 1. The minimum atomic E-state index is 0.435. The van der Waals surface area contributed by atoms with Crippen molar-refractivity contribution in [3.63, 3.8) is 0 Å². The molecule has 0 saturated heterocycles. The molecule has 1 unspecified atom stereocenters. The summed E-state index contributed by atoms with van der Waals surface area (Å²) in [7, 11) is 0. The van der Waals surface area contributed by atoms with Crippen molar-refractivity contribution in [2.45, 2.75) is 51.5 Å². The second-order valence-corrected chi connectivity index (χ2v) is 5.90. The fraction of sp³-hybridized carbons (Fsp3) is 0.471. The lowest BCUT2D eigenvalue weighted by Gasteiger charge is -2.10. The van der Waals surface area contributed by atoms with E-state index in [2.05, 4.69) is 42.7 Å². The summed E-state index contributed by atoms with van der Waals surface area (Å²) in [5.41, 5.74) is 8.77. The van der Waals surface area contributed by atoms with Crippen molar-refractivity contribution in [1.29, 1.82) is 0 Å². The number of aromatic nitrogens is 2. The first-order chi connectivity index (χ1) is 9.70. The van der Waals surface area contributed by atoms with Crippen LogP contribution in [0, 0.1) is 0 Å². The lowest BCUT2D eigenvalue weighted by atomic mass is 10.1. The van der Waals surface area contributed by atoms with Crippen molar-refractivity contribution in [3.05, 3.63) is 47.4 Å². The van der Waals surface area contributed by atoms with Crippen molar-refractivity contribution in [3.8, 4) is 0 Å². The Morgan fingerprint density at radius 1 is 1.30 bits per heavy atom. The predicted octanol–water partition coefficient (Wildman–Crippen LogP) is 3.90. The van der Waals surface area contributed by atoms with Crippen molar-refractivity contribution < 1.29 is 0 Å². The number of benzene rings is 1. The number of nitrogens with zero attached hydrogens (tertiary/aromatic N) is 2. The van der Waals surface area contributed by atoms with Crippen molar-refractivity contribution in [2.75, 3.05) is 5.73 Å². The van der Waals surface area contributed by atoms with Gasteiger partial charge in [0.25, 0.3) is 0 Å². The zero-order valence-corrected chi connectivity index (χ0v) is 12.3. The molecule has 1 aliphatic carbocycles. The Morgan fingerprint density at radius 2 is 2.00 bits per heavy atom. The molecule has 20 heavy (non-hydrogen) atoms. The Morgan fingerprint density at radius 3 is 2.60 bits per heavy atom. The van der Waals surface area contributed by atoms with Gasteiger partial charge in [-0.25, -0.2) is 4.98 Å². The van der Waals surface area contributed by atoms with Crippen LogP contribution in [0.15, 0.2) is 30.3 Å². The summed E-state index contributed by atoms with van der Waals surface area (Å²) >= 11 is 0. The van der Waals surface area contributed by atoms with E-state index < -0.39 is 0 Å². The highest BCUT2D eigenvalue weighted by atomic mass is 15.2. The minimum Gasteiger partial charge on any atom is -0.384 e. The van der Waals surface area contributed by atoms with E-state index in [1.54, 1.807) is 0 Å². The van der Waals surface area contributed by atoms with E-state index in [1.807, 2.05) is 6.07 Å². The quantitative estimate of drug-likeness (QED) is 0.894. The predicted molar refractivity (Wildman–Crippen MR) is 82.9 cm³/mol. The summed E-state index contributed by atoms with van der Waals surface area (Å²) in [6, 6.07) is 10.5. The van der Waals surface area contributed by atoms with Crippen LogP contribution in [0.2, 0.25) is 0 Å². The molecule has 3 nitrogen and oxygen atoms in total. The first-order valence-corrected chi connectivity index (χ1v) is 7.60. The Bertz CT molecular complexity index is 582. The molecular formula is C17H23N3. The van der Waals surface area contributed by atoms with Gasteiger partial charge in [-0.05, 0) is 24.8 Å². The molecule has 1 aromatic heterocycles. The van der Waals surface area contributed by atoms with Crippen LogP contribution in [-0.4, -0.2) is 9.55 Å². The molecule has 1 fully saturated rings. The number of nitrogen functional groups attached to an aromatic ring is 1. The van der Waals surface area contributed by atoms with Gasteiger partial charge in [0.2, 0.25) is 0 Å². The first-order valence-electron chi connectivity index (χ1n) is 7.60. The summed E-state index contributed by atoms with van der Waals surface area (Å²) in [6.45, 7) is 5.24. The van der Waals surface area contributed by atoms with Crippen molar-refractivity contribution >= 4 is 5.82 Å². The fourth-order valence-electron chi connectivity index (χ4n) is 2.64. The Balaban J connectivity index is 1.97. The fourth-order valence-corrected chi connectivity index (χ4v) is 2.64. The number of hydrogen-bond donors (Lipinski definition) is 1. The summed E-state index contributed by atoms with van der Waals surface area (Å²) in [4.78, 5) is 4.88. The van der Waals surface area contributed by atoms with Crippen molar-refractivity contribution in [1.82, 2.24) is 9.55 Å². The lowest BCUT2D eigenvalue weighted by Crippen LogP contribution is -2.08. The number of rotatable bonds is 5. The summed E-state index contributed by atoms with van der Waals surface area (Å²) in [5, 5.41) is 0. The van der Waals surface area contributed by atoms with Gasteiger partial charge in [-0.1, -0.05) is 44.2 Å². The van der Waals surface area contributed by atoms with Gasteiger partial charge >= 0.3 is 0 Å². The third kappa shape index (κ3) is 2.45. The van der Waals surface area contributed by atoms with E-state index in [0.717, 1.165) is 24.5 Å². The molecular weight excluding hydrogens is 246 g/mol. The van der Waals surface area contributed by atoms with Crippen LogP contribution in [0.1, 0.15) is 62.0 Å². The van der Waals surface area contributed by atoms with E-state index >= 15 is 0 Å². The molecule has 0 aliphatic heterocycles. The second-order valence-electron chi connectivity index (χ2n) is 5.90. The van der Waals surface area contributed by atoms with Crippen LogP contribution in [0.3, 0.4) is 0 Å². The van der Waals surface area contributed by atoms with Gasteiger partial charge < -0.3 is 10.3 Å². The third-order valence-electron chi connectivity index (χ3n) is 4.27. The Hall–Kier alpha value is -1.77. The molecule has 1 aromatic carbocycles. The molecule has 1 heterocycles. The summed E-state index contributed by atoms with van der Waals surface area (Å²) in [5.74, 6) is 3.12. The number of nitrogens with two attached hydrogens (primary N) is 1. The maximum absolute atomic E-state index is 6.39.